The normalized spacial score (nSPS) is 16.7. The maximum atomic E-state index is 13.7. The molecule has 1 amide bonds. The Balaban J connectivity index is 1.24. The number of rotatable bonds is 6. The first-order chi connectivity index (χ1) is 15.7. The van der Waals surface area contributed by atoms with Crippen molar-refractivity contribution in [2.45, 2.75) is 18.6 Å². The lowest BCUT2D eigenvalue weighted by Gasteiger charge is -2.35. The summed E-state index contributed by atoms with van der Waals surface area (Å²) in [5.74, 6) is 3.25. The number of aromatic nitrogens is 1. The summed E-state index contributed by atoms with van der Waals surface area (Å²) < 4.78 is 7.36. The number of piperazine rings is 1. The molecule has 3 aromatic rings. The van der Waals surface area contributed by atoms with Crippen LogP contribution in [0.3, 0.4) is 0 Å². The highest BCUT2D eigenvalue weighted by Crippen LogP contribution is 2.39. The number of amides is 1. The number of thiophene rings is 1. The fourth-order valence-corrected chi connectivity index (χ4v) is 6.94. The van der Waals surface area contributed by atoms with E-state index in [1.54, 1.807) is 18.4 Å². The standard InChI is InChI=1S/C25H29N3O2S2/c1-30-20-6-4-19(5-7-20)8-12-26-13-15-27(16-14-26)24(29)23-21-9-17-31-18-22(21)32-25(23)28-10-2-3-11-28/h2-7,10-11H,8-9,12-18H2,1H3. The molecule has 0 saturated carbocycles. The molecule has 2 aliphatic heterocycles. The lowest BCUT2D eigenvalue weighted by atomic mass is 10.1. The van der Waals surface area contributed by atoms with Gasteiger partial charge in [0.15, 0.2) is 0 Å². The zero-order valence-electron chi connectivity index (χ0n) is 18.5. The number of thioether (sulfide) groups is 1. The summed E-state index contributed by atoms with van der Waals surface area (Å²) in [5.41, 5.74) is 3.57. The molecular weight excluding hydrogens is 438 g/mol. The molecule has 5 rings (SSSR count). The van der Waals surface area contributed by atoms with Gasteiger partial charge in [0.25, 0.3) is 5.91 Å². The minimum Gasteiger partial charge on any atom is -0.497 e. The first kappa shape index (κ1) is 21.6. The third kappa shape index (κ3) is 4.47. The second kappa shape index (κ2) is 9.73. The molecule has 1 aromatic carbocycles. The lowest BCUT2D eigenvalue weighted by Crippen LogP contribution is -2.49. The van der Waals surface area contributed by atoms with Gasteiger partial charge in [-0.05, 0) is 54.0 Å². The first-order valence-electron chi connectivity index (χ1n) is 11.2. The Kier molecular flexibility index (Phi) is 6.57. The molecule has 0 N–H and O–H groups in total. The van der Waals surface area contributed by atoms with Crippen molar-refractivity contribution in [1.82, 2.24) is 14.4 Å². The fourth-order valence-electron chi connectivity index (χ4n) is 4.50. The topological polar surface area (TPSA) is 37.7 Å². The van der Waals surface area contributed by atoms with Gasteiger partial charge in [-0.25, -0.2) is 0 Å². The highest BCUT2D eigenvalue weighted by Gasteiger charge is 2.30. The van der Waals surface area contributed by atoms with Crippen molar-refractivity contribution in [2.24, 2.45) is 0 Å². The van der Waals surface area contributed by atoms with Crippen LogP contribution >= 0.6 is 23.1 Å². The maximum absolute atomic E-state index is 13.7. The van der Waals surface area contributed by atoms with Gasteiger partial charge in [-0.1, -0.05) is 12.1 Å². The minimum absolute atomic E-state index is 0.216. The van der Waals surface area contributed by atoms with Crippen molar-refractivity contribution < 1.29 is 9.53 Å². The van der Waals surface area contributed by atoms with Crippen LogP contribution < -0.4 is 4.74 Å². The van der Waals surface area contributed by atoms with Crippen molar-refractivity contribution >= 4 is 29.0 Å². The summed E-state index contributed by atoms with van der Waals surface area (Å²) in [6.45, 7) is 4.48. The molecule has 168 valence electrons. The van der Waals surface area contributed by atoms with Crippen LogP contribution in [-0.2, 0) is 18.6 Å². The van der Waals surface area contributed by atoms with Crippen LogP contribution in [-0.4, -0.2) is 65.9 Å². The van der Waals surface area contributed by atoms with Gasteiger partial charge in [0.1, 0.15) is 10.8 Å². The molecule has 1 fully saturated rings. The zero-order valence-corrected chi connectivity index (χ0v) is 20.1. The third-order valence-electron chi connectivity index (χ3n) is 6.39. The van der Waals surface area contributed by atoms with Crippen LogP contribution in [0.1, 0.15) is 26.4 Å². The Hall–Kier alpha value is -2.22. The Morgan fingerprint density at radius 1 is 1.06 bits per heavy atom. The van der Waals surface area contributed by atoms with Gasteiger partial charge < -0.3 is 14.2 Å². The van der Waals surface area contributed by atoms with Crippen LogP contribution in [0.5, 0.6) is 5.75 Å². The molecule has 1 saturated heterocycles. The molecule has 0 atom stereocenters. The SMILES string of the molecule is COc1ccc(CCN2CCN(C(=O)c3c(-n4cccc4)sc4c3CCSC4)CC2)cc1. The molecule has 0 spiro atoms. The Labute approximate surface area is 198 Å². The smallest absolute Gasteiger partial charge is 0.257 e. The van der Waals surface area contributed by atoms with E-state index in [0.717, 1.165) is 73.4 Å². The second-order valence-electron chi connectivity index (χ2n) is 8.31. The van der Waals surface area contributed by atoms with E-state index in [1.165, 1.54) is 16.0 Å². The van der Waals surface area contributed by atoms with Crippen LogP contribution in [0.4, 0.5) is 0 Å². The quantitative estimate of drug-likeness (QED) is 0.541. The second-order valence-corrected chi connectivity index (χ2v) is 10.5. The molecule has 0 bridgehead atoms. The molecule has 7 heteroatoms. The Morgan fingerprint density at radius 3 is 2.53 bits per heavy atom. The predicted molar refractivity (Wildman–Crippen MR) is 133 cm³/mol. The summed E-state index contributed by atoms with van der Waals surface area (Å²) in [7, 11) is 1.70. The van der Waals surface area contributed by atoms with Crippen molar-refractivity contribution in [3.8, 4) is 10.8 Å². The van der Waals surface area contributed by atoms with E-state index < -0.39 is 0 Å². The van der Waals surface area contributed by atoms with Gasteiger partial charge >= 0.3 is 0 Å². The predicted octanol–water partition coefficient (Wildman–Crippen LogP) is 4.34. The van der Waals surface area contributed by atoms with Gasteiger partial charge in [-0.15, -0.1) is 11.3 Å². The number of carbonyl (C=O) groups excluding carboxylic acids is 1. The van der Waals surface area contributed by atoms with E-state index in [1.807, 2.05) is 36.0 Å². The van der Waals surface area contributed by atoms with Gasteiger partial charge in [0, 0.05) is 55.7 Å². The van der Waals surface area contributed by atoms with E-state index in [2.05, 4.69) is 38.9 Å². The van der Waals surface area contributed by atoms with Crippen LogP contribution in [0.15, 0.2) is 48.8 Å². The molecule has 32 heavy (non-hydrogen) atoms. The molecule has 0 radical (unpaired) electrons. The number of benzene rings is 1. The molecule has 0 aliphatic carbocycles. The average Bonchev–Trinajstić information content (AvgIpc) is 3.51. The number of fused-ring (bicyclic) bond motifs is 1. The molecule has 5 nitrogen and oxygen atoms in total. The highest BCUT2D eigenvalue weighted by atomic mass is 32.2. The minimum atomic E-state index is 0.216. The van der Waals surface area contributed by atoms with Crippen LogP contribution in [0.25, 0.3) is 5.00 Å². The van der Waals surface area contributed by atoms with Crippen LogP contribution in [0, 0.1) is 0 Å². The molecule has 2 aliphatic rings. The van der Waals surface area contributed by atoms with Gasteiger partial charge in [0.2, 0.25) is 0 Å². The summed E-state index contributed by atoms with van der Waals surface area (Å²) >= 11 is 3.77. The molecule has 0 unspecified atom stereocenters. The summed E-state index contributed by atoms with van der Waals surface area (Å²) in [4.78, 5) is 19.6. The molecule has 2 aromatic heterocycles. The van der Waals surface area contributed by atoms with Crippen molar-refractivity contribution in [2.75, 3.05) is 45.6 Å². The lowest BCUT2D eigenvalue weighted by molar-refractivity contribution is 0.0638. The molecule has 4 heterocycles. The first-order valence-corrected chi connectivity index (χ1v) is 13.2. The van der Waals surface area contributed by atoms with Crippen molar-refractivity contribution in [1.29, 1.82) is 0 Å². The summed E-state index contributed by atoms with van der Waals surface area (Å²) in [5, 5.41) is 1.09. The van der Waals surface area contributed by atoms with Gasteiger partial charge in [-0.2, -0.15) is 11.8 Å². The number of carbonyl (C=O) groups is 1. The Bertz CT molecular complexity index is 1050. The highest BCUT2D eigenvalue weighted by molar-refractivity contribution is 7.98. The number of hydrogen-bond acceptors (Lipinski definition) is 5. The van der Waals surface area contributed by atoms with E-state index in [4.69, 9.17) is 4.74 Å². The fraction of sp³-hybridized carbons (Fsp3) is 0.400. The van der Waals surface area contributed by atoms with Gasteiger partial charge in [0.05, 0.1) is 12.7 Å². The number of methoxy groups -OCH3 is 1. The summed E-state index contributed by atoms with van der Waals surface area (Å²) in [6.07, 6.45) is 6.13. The summed E-state index contributed by atoms with van der Waals surface area (Å²) in [6, 6.07) is 12.4. The van der Waals surface area contributed by atoms with E-state index in [0.29, 0.717) is 0 Å². The third-order valence-corrected chi connectivity index (χ3v) is 8.80. The van der Waals surface area contributed by atoms with Gasteiger partial charge in [-0.3, -0.25) is 9.69 Å². The van der Waals surface area contributed by atoms with Crippen molar-refractivity contribution in [3.63, 3.8) is 0 Å². The largest absolute Gasteiger partial charge is 0.497 e. The monoisotopic (exact) mass is 467 g/mol. The number of ether oxygens (including phenoxy) is 1. The average molecular weight is 468 g/mol. The zero-order chi connectivity index (χ0) is 21.9. The van der Waals surface area contributed by atoms with E-state index >= 15 is 0 Å². The number of hydrogen-bond donors (Lipinski definition) is 0. The Morgan fingerprint density at radius 2 is 1.81 bits per heavy atom. The van der Waals surface area contributed by atoms with E-state index in [9.17, 15) is 4.79 Å². The molecular formula is C25H29N3O2S2. The van der Waals surface area contributed by atoms with Crippen LogP contribution in [0.2, 0.25) is 0 Å². The van der Waals surface area contributed by atoms with Crippen molar-refractivity contribution in [3.05, 3.63) is 70.4 Å². The number of nitrogens with zero attached hydrogens (tertiary/aromatic N) is 3. The van der Waals surface area contributed by atoms with E-state index in [-0.39, 0.29) is 5.91 Å². The maximum Gasteiger partial charge on any atom is 0.257 e.